The molecule has 0 spiro atoms. The summed E-state index contributed by atoms with van der Waals surface area (Å²) in [5.41, 5.74) is 6.26. The summed E-state index contributed by atoms with van der Waals surface area (Å²) >= 11 is 3.34. The van der Waals surface area contributed by atoms with Crippen molar-refractivity contribution in [3.05, 3.63) is 22.7 Å². The van der Waals surface area contributed by atoms with Crippen LogP contribution in [-0.4, -0.2) is 31.0 Å². The lowest BCUT2D eigenvalue weighted by atomic mass is 10.1. The lowest BCUT2D eigenvalue weighted by Gasteiger charge is -2.16. The number of halogens is 2. The Morgan fingerprint density at radius 2 is 2.00 bits per heavy atom. The van der Waals surface area contributed by atoms with Gasteiger partial charge in [-0.1, -0.05) is 29.8 Å². The fourth-order valence-corrected chi connectivity index (χ4v) is 2.02. The Balaban J connectivity index is 0.00000484. The van der Waals surface area contributed by atoms with Gasteiger partial charge in [0.2, 0.25) is 11.8 Å². The maximum Gasteiger partial charge on any atom is 0.243 e. The Labute approximate surface area is 151 Å². The van der Waals surface area contributed by atoms with E-state index in [9.17, 15) is 9.59 Å². The molecule has 0 unspecified atom stereocenters. The molecule has 0 bridgehead atoms. The van der Waals surface area contributed by atoms with Gasteiger partial charge < -0.3 is 21.1 Å². The molecule has 1 aromatic carbocycles. The van der Waals surface area contributed by atoms with Gasteiger partial charge in [0, 0.05) is 4.47 Å². The van der Waals surface area contributed by atoms with Crippen molar-refractivity contribution < 1.29 is 14.3 Å². The first-order valence-corrected chi connectivity index (χ1v) is 7.90. The third kappa shape index (κ3) is 7.20. The topological polar surface area (TPSA) is 93.5 Å². The molecule has 1 aromatic rings. The maximum absolute atomic E-state index is 11.9. The van der Waals surface area contributed by atoms with E-state index in [-0.39, 0.29) is 36.7 Å². The molecule has 130 valence electrons. The number of anilines is 1. The molecule has 0 radical (unpaired) electrons. The van der Waals surface area contributed by atoms with E-state index >= 15 is 0 Å². The molecular formula is C15H23BrClN3O3. The summed E-state index contributed by atoms with van der Waals surface area (Å²) in [6, 6.07) is 4.70. The number of nitrogens with one attached hydrogen (secondary N) is 2. The van der Waals surface area contributed by atoms with Crippen molar-refractivity contribution in [2.24, 2.45) is 11.7 Å². The molecule has 0 heterocycles. The van der Waals surface area contributed by atoms with Gasteiger partial charge in [-0.2, -0.15) is 0 Å². The van der Waals surface area contributed by atoms with Crippen molar-refractivity contribution >= 4 is 45.8 Å². The van der Waals surface area contributed by atoms with Gasteiger partial charge in [0.15, 0.2) is 0 Å². The minimum atomic E-state index is -0.627. The number of rotatable bonds is 7. The fraction of sp³-hybridized carbons (Fsp3) is 0.467. The quantitative estimate of drug-likeness (QED) is 0.645. The van der Waals surface area contributed by atoms with Crippen LogP contribution in [-0.2, 0) is 9.59 Å². The molecule has 8 heteroatoms. The summed E-state index contributed by atoms with van der Waals surface area (Å²) in [6.07, 6.45) is 0. The van der Waals surface area contributed by atoms with Crippen molar-refractivity contribution in [1.29, 1.82) is 0 Å². The standard InChI is InChI=1S/C15H22BrN3O3.ClH/c1-4-22-12-6-5-10(16)7-11(12)19-13(20)8-18-15(21)14(17)9(2)3;/h5-7,9,14H,4,8,17H2,1-3H3,(H,18,21)(H,19,20);1H/t14-;/m0./s1. The highest BCUT2D eigenvalue weighted by Crippen LogP contribution is 2.28. The van der Waals surface area contributed by atoms with Crippen LogP contribution in [0.25, 0.3) is 0 Å². The van der Waals surface area contributed by atoms with Crippen molar-refractivity contribution in [2.45, 2.75) is 26.8 Å². The van der Waals surface area contributed by atoms with Gasteiger partial charge in [-0.15, -0.1) is 12.4 Å². The molecular weight excluding hydrogens is 386 g/mol. The van der Waals surface area contributed by atoms with Gasteiger partial charge in [-0.3, -0.25) is 9.59 Å². The molecule has 1 rings (SSSR count). The van der Waals surface area contributed by atoms with E-state index in [1.54, 1.807) is 12.1 Å². The van der Waals surface area contributed by atoms with Crippen molar-refractivity contribution in [3.8, 4) is 5.75 Å². The number of benzene rings is 1. The van der Waals surface area contributed by atoms with Crippen LogP contribution in [0.3, 0.4) is 0 Å². The van der Waals surface area contributed by atoms with E-state index in [1.807, 2.05) is 26.8 Å². The van der Waals surface area contributed by atoms with Crippen LogP contribution in [0, 0.1) is 5.92 Å². The third-order valence-corrected chi connectivity index (χ3v) is 3.45. The molecule has 0 saturated carbocycles. The number of carbonyl (C=O) groups is 2. The van der Waals surface area contributed by atoms with E-state index in [0.29, 0.717) is 18.0 Å². The Hall–Kier alpha value is -1.31. The van der Waals surface area contributed by atoms with Crippen LogP contribution in [0.15, 0.2) is 22.7 Å². The summed E-state index contributed by atoms with van der Waals surface area (Å²) in [5, 5.41) is 5.23. The smallest absolute Gasteiger partial charge is 0.243 e. The van der Waals surface area contributed by atoms with Crippen LogP contribution < -0.4 is 21.1 Å². The second kappa shape index (κ2) is 10.5. The van der Waals surface area contributed by atoms with Gasteiger partial charge in [0.05, 0.1) is 24.9 Å². The van der Waals surface area contributed by atoms with Gasteiger partial charge in [0.1, 0.15) is 5.75 Å². The molecule has 0 aromatic heterocycles. The zero-order valence-electron chi connectivity index (χ0n) is 13.4. The zero-order valence-corrected chi connectivity index (χ0v) is 15.8. The van der Waals surface area contributed by atoms with Crippen molar-refractivity contribution in [2.75, 3.05) is 18.5 Å². The number of amides is 2. The number of hydrogen-bond donors (Lipinski definition) is 3. The molecule has 6 nitrogen and oxygen atoms in total. The van der Waals surface area contributed by atoms with Gasteiger partial charge in [-0.25, -0.2) is 0 Å². The number of nitrogens with two attached hydrogens (primary N) is 1. The average molecular weight is 409 g/mol. The third-order valence-electron chi connectivity index (χ3n) is 2.96. The van der Waals surface area contributed by atoms with E-state index in [1.165, 1.54) is 0 Å². The second-order valence-corrected chi connectivity index (χ2v) is 6.02. The predicted octanol–water partition coefficient (Wildman–Crippen LogP) is 2.31. The average Bonchev–Trinajstić information content (AvgIpc) is 2.46. The predicted molar refractivity (Wildman–Crippen MR) is 97.0 cm³/mol. The van der Waals surface area contributed by atoms with Crippen LogP contribution >= 0.6 is 28.3 Å². The lowest BCUT2D eigenvalue weighted by Crippen LogP contribution is -2.46. The molecule has 0 saturated heterocycles. The van der Waals surface area contributed by atoms with Gasteiger partial charge in [-0.05, 0) is 31.0 Å². The van der Waals surface area contributed by atoms with Crippen LogP contribution in [0.2, 0.25) is 0 Å². The van der Waals surface area contributed by atoms with Crippen molar-refractivity contribution in [3.63, 3.8) is 0 Å². The molecule has 0 aliphatic rings. The van der Waals surface area contributed by atoms with E-state index < -0.39 is 6.04 Å². The highest BCUT2D eigenvalue weighted by atomic mass is 79.9. The molecule has 0 aliphatic heterocycles. The van der Waals surface area contributed by atoms with E-state index in [2.05, 4.69) is 26.6 Å². The highest BCUT2D eigenvalue weighted by molar-refractivity contribution is 9.10. The Morgan fingerprint density at radius 3 is 2.57 bits per heavy atom. The molecule has 4 N–H and O–H groups in total. The minimum Gasteiger partial charge on any atom is -0.492 e. The fourth-order valence-electron chi connectivity index (χ4n) is 1.66. The first kappa shape index (κ1) is 21.7. The highest BCUT2D eigenvalue weighted by Gasteiger charge is 2.18. The minimum absolute atomic E-state index is 0. The van der Waals surface area contributed by atoms with Crippen molar-refractivity contribution in [1.82, 2.24) is 5.32 Å². The Bertz CT molecular complexity index is 541. The summed E-state index contributed by atoms with van der Waals surface area (Å²) < 4.78 is 6.26. The monoisotopic (exact) mass is 407 g/mol. The summed E-state index contributed by atoms with van der Waals surface area (Å²) in [6.45, 7) is 5.91. The van der Waals surface area contributed by atoms with E-state index in [4.69, 9.17) is 10.5 Å². The van der Waals surface area contributed by atoms with Gasteiger partial charge >= 0.3 is 0 Å². The maximum atomic E-state index is 11.9. The normalized spacial score (nSPS) is 11.4. The SMILES string of the molecule is CCOc1ccc(Br)cc1NC(=O)CNC(=O)[C@@H](N)C(C)C.Cl. The van der Waals surface area contributed by atoms with Crippen LogP contribution in [0.1, 0.15) is 20.8 Å². The largest absolute Gasteiger partial charge is 0.492 e. The Morgan fingerprint density at radius 1 is 1.35 bits per heavy atom. The number of carbonyl (C=O) groups excluding carboxylic acids is 2. The zero-order chi connectivity index (χ0) is 16.7. The summed E-state index contributed by atoms with van der Waals surface area (Å²) in [4.78, 5) is 23.7. The van der Waals surface area contributed by atoms with E-state index in [0.717, 1.165) is 4.47 Å². The van der Waals surface area contributed by atoms with Crippen LogP contribution in [0.5, 0.6) is 5.75 Å². The first-order chi connectivity index (χ1) is 10.3. The number of hydrogen-bond acceptors (Lipinski definition) is 4. The molecule has 1 atom stereocenters. The molecule has 2 amide bonds. The lowest BCUT2D eigenvalue weighted by molar-refractivity contribution is -0.125. The molecule has 0 aliphatic carbocycles. The molecule has 23 heavy (non-hydrogen) atoms. The first-order valence-electron chi connectivity index (χ1n) is 7.10. The van der Waals surface area contributed by atoms with Gasteiger partial charge in [0.25, 0.3) is 0 Å². The number of ether oxygens (including phenoxy) is 1. The summed E-state index contributed by atoms with van der Waals surface area (Å²) in [5.74, 6) is -0.102. The Kier molecular flexibility index (Phi) is 9.87. The summed E-state index contributed by atoms with van der Waals surface area (Å²) in [7, 11) is 0. The molecule has 0 fully saturated rings. The second-order valence-electron chi connectivity index (χ2n) is 5.11. The van der Waals surface area contributed by atoms with Crippen LogP contribution in [0.4, 0.5) is 5.69 Å².